The molecule has 0 amide bonds. The molecule has 1 aliphatic heterocycles. The largest absolute Gasteiger partial charge is 0.363 e. The molecular weight excluding hydrogens is 583 g/mol. The lowest BCUT2D eigenvalue weighted by Crippen LogP contribution is -2.52. The van der Waals surface area contributed by atoms with Crippen molar-refractivity contribution in [3.05, 3.63) is 128 Å². The second-order valence-corrected chi connectivity index (χ2v) is 12.2. The van der Waals surface area contributed by atoms with E-state index in [9.17, 15) is 31.2 Å². The van der Waals surface area contributed by atoms with E-state index in [2.05, 4.69) is 0 Å². The predicted octanol–water partition coefficient (Wildman–Crippen LogP) is 2.99. The first-order valence-electron chi connectivity index (χ1n) is 13.6. The van der Waals surface area contributed by atoms with Crippen LogP contribution in [0.2, 0.25) is 0 Å². The van der Waals surface area contributed by atoms with Gasteiger partial charge in [-0.1, -0.05) is 36.4 Å². The van der Waals surface area contributed by atoms with Crippen molar-refractivity contribution < 1.29 is 21.6 Å². The topological polar surface area (TPSA) is 111 Å². The molecule has 2 heterocycles. The monoisotopic (exact) mass is 613 g/mol. The molecule has 1 aliphatic rings. The van der Waals surface area contributed by atoms with E-state index < -0.39 is 51.3 Å². The van der Waals surface area contributed by atoms with Gasteiger partial charge in [0.15, 0.2) is 0 Å². The summed E-state index contributed by atoms with van der Waals surface area (Å²) in [6.45, 7) is 1.02. The molecule has 0 saturated carbocycles. The Bertz CT molecular complexity index is 1830. The van der Waals surface area contributed by atoms with E-state index in [0.29, 0.717) is 5.56 Å². The average Bonchev–Trinajstić information content (AvgIpc) is 2.99. The molecule has 1 atom stereocenters. The zero-order chi connectivity index (χ0) is 30.9. The highest BCUT2D eigenvalue weighted by molar-refractivity contribution is 7.89. The summed E-state index contributed by atoms with van der Waals surface area (Å²) in [6.07, 6.45) is 0. The number of rotatable bonds is 8. The van der Waals surface area contributed by atoms with Gasteiger partial charge in [-0.05, 0) is 48.9 Å². The Morgan fingerprint density at radius 1 is 0.814 bits per heavy atom. The predicted molar refractivity (Wildman–Crippen MR) is 156 cm³/mol. The van der Waals surface area contributed by atoms with Gasteiger partial charge in [-0.25, -0.2) is 26.4 Å². The first-order chi connectivity index (χ1) is 20.5. The van der Waals surface area contributed by atoms with Crippen molar-refractivity contribution in [3.63, 3.8) is 0 Å². The molecule has 4 aromatic rings. The van der Waals surface area contributed by atoms with Crippen molar-refractivity contribution in [2.75, 3.05) is 31.1 Å². The molecule has 0 unspecified atom stereocenters. The minimum atomic E-state index is -3.92. The molecule has 0 aliphatic carbocycles. The smallest absolute Gasteiger partial charge is 0.331 e. The van der Waals surface area contributed by atoms with Crippen LogP contribution in [-0.4, -0.2) is 48.0 Å². The first-order valence-corrected chi connectivity index (χ1v) is 15.0. The SMILES string of the molecule is Cc1c(N2CCN(S(=O)(=O)c3ccc(F)cc3)CC2)c(=O)n(C[C@H](N)c2ccccc2)c(=O)n1Cc1c(F)cccc1F. The summed E-state index contributed by atoms with van der Waals surface area (Å²) in [7, 11) is -3.92. The highest BCUT2D eigenvalue weighted by Gasteiger charge is 2.31. The summed E-state index contributed by atoms with van der Waals surface area (Å²) >= 11 is 0. The molecule has 13 heteroatoms. The fourth-order valence-electron chi connectivity index (χ4n) is 5.25. The maximum absolute atomic E-state index is 14.6. The van der Waals surface area contributed by atoms with E-state index >= 15 is 0 Å². The summed E-state index contributed by atoms with van der Waals surface area (Å²) in [5.41, 5.74) is 5.58. The van der Waals surface area contributed by atoms with Gasteiger partial charge in [0.1, 0.15) is 23.1 Å². The van der Waals surface area contributed by atoms with Gasteiger partial charge in [-0.2, -0.15) is 4.31 Å². The van der Waals surface area contributed by atoms with E-state index in [-0.39, 0.29) is 54.6 Å². The quantitative estimate of drug-likeness (QED) is 0.327. The van der Waals surface area contributed by atoms with Crippen molar-refractivity contribution in [2.24, 2.45) is 5.73 Å². The van der Waals surface area contributed by atoms with Crippen LogP contribution in [0.25, 0.3) is 0 Å². The molecule has 3 aromatic carbocycles. The average molecular weight is 614 g/mol. The Hall–Kier alpha value is -4.20. The van der Waals surface area contributed by atoms with Gasteiger partial charge < -0.3 is 10.6 Å². The van der Waals surface area contributed by atoms with Gasteiger partial charge in [-0.15, -0.1) is 0 Å². The van der Waals surface area contributed by atoms with Gasteiger partial charge in [-0.3, -0.25) is 13.9 Å². The number of aromatic nitrogens is 2. The van der Waals surface area contributed by atoms with Crippen molar-refractivity contribution in [3.8, 4) is 0 Å². The number of nitrogens with zero attached hydrogens (tertiary/aromatic N) is 4. The van der Waals surface area contributed by atoms with Crippen molar-refractivity contribution >= 4 is 15.7 Å². The van der Waals surface area contributed by atoms with Crippen molar-refractivity contribution in [2.45, 2.75) is 31.0 Å². The van der Waals surface area contributed by atoms with Crippen LogP contribution in [0.3, 0.4) is 0 Å². The molecule has 1 aromatic heterocycles. The highest BCUT2D eigenvalue weighted by Crippen LogP contribution is 2.23. The Kier molecular flexibility index (Phi) is 8.58. The number of hydrogen-bond donors (Lipinski definition) is 1. The summed E-state index contributed by atoms with van der Waals surface area (Å²) in [5.74, 6) is -2.25. The summed E-state index contributed by atoms with van der Waals surface area (Å²) in [4.78, 5) is 29.2. The number of halogens is 3. The number of piperazine rings is 1. The van der Waals surface area contributed by atoms with Gasteiger partial charge in [0.2, 0.25) is 10.0 Å². The molecule has 0 bridgehead atoms. The van der Waals surface area contributed by atoms with Gasteiger partial charge in [0.25, 0.3) is 5.56 Å². The van der Waals surface area contributed by atoms with E-state index in [1.807, 2.05) is 0 Å². The van der Waals surface area contributed by atoms with Crippen LogP contribution in [-0.2, 0) is 23.1 Å². The Morgan fingerprint density at radius 3 is 2.02 bits per heavy atom. The molecule has 0 radical (unpaired) electrons. The molecule has 43 heavy (non-hydrogen) atoms. The van der Waals surface area contributed by atoms with Crippen LogP contribution in [0.5, 0.6) is 0 Å². The van der Waals surface area contributed by atoms with E-state index in [4.69, 9.17) is 5.73 Å². The molecule has 2 N–H and O–H groups in total. The normalized spacial score (nSPS) is 15.0. The second kappa shape index (κ2) is 12.2. The zero-order valence-corrected chi connectivity index (χ0v) is 24.1. The molecule has 5 rings (SSSR count). The molecule has 1 saturated heterocycles. The van der Waals surface area contributed by atoms with Crippen LogP contribution in [0.1, 0.15) is 22.9 Å². The van der Waals surface area contributed by atoms with Gasteiger partial charge in [0, 0.05) is 43.5 Å². The summed E-state index contributed by atoms with van der Waals surface area (Å²) in [5, 5.41) is 0. The van der Waals surface area contributed by atoms with E-state index in [1.54, 1.807) is 35.2 Å². The molecule has 9 nitrogen and oxygen atoms in total. The van der Waals surface area contributed by atoms with Crippen molar-refractivity contribution in [1.29, 1.82) is 0 Å². The second-order valence-electron chi connectivity index (χ2n) is 10.3. The molecule has 0 spiro atoms. The third-order valence-electron chi connectivity index (χ3n) is 7.65. The lowest BCUT2D eigenvalue weighted by Gasteiger charge is -2.36. The Morgan fingerprint density at radius 2 is 1.42 bits per heavy atom. The third-order valence-corrected chi connectivity index (χ3v) is 9.56. The number of sulfonamides is 1. The lowest BCUT2D eigenvalue weighted by atomic mass is 10.1. The highest BCUT2D eigenvalue weighted by atomic mass is 32.2. The minimum Gasteiger partial charge on any atom is -0.363 e. The number of nitrogens with two attached hydrogens (primary N) is 1. The summed E-state index contributed by atoms with van der Waals surface area (Å²) in [6, 6.07) is 16.0. The zero-order valence-electron chi connectivity index (χ0n) is 23.3. The van der Waals surface area contributed by atoms with E-state index in [1.165, 1.54) is 29.4 Å². The van der Waals surface area contributed by atoms with Crippen LogP contribution >= 0.6 is 0 Å². The number of hydrogen-bond acceptors (Lipinski definition) is 6. The van der Waals surface area contributed by atoms with Crippen LogP contribution in [0.15, 0.2) is 87.3 Å². The van der Waals surface area contributed by atoms with Gasteiger partial charge in [0.05, 0.1) is 18.0 Å². The third kappa shape index (κ3) is 6.01. The Labute approximate surface area is 246 Å². The summed E-state index contributed by atoms with van der Waals surface area (Å²) < 4.78 is 72.3. The molecule has 226 valence electrons. The fourth-order valence-corrected chi connectivity index (χ4v) is 6.67. The maximum Gasteiger partial charge on any atom is 0.331 e. The molecular formula is C30H30F3N5O4S. The number of anilines is 1. The first kappa shape index (κ1) is 30.3. The minimum absolute atomic E-state index is 0.00316. The standard InChI is InChI=1S/C30H30F3N5O4S/c1-20-28(35-14-16-36(17-15-35)43(41,42)23-12-10-22(31)11-13-23)29(39)38(19-27(34)21-6-3-2-4-7-21)30(40)37(20)18-24-25(32)8-5-9-26(24)33/h2-13,27H,14-19,34H2,1H3/t27-/m0/s1. The Balaban J connectivity index is 1.53. The van der Waals surface area contributed by atoms with Crippen molar-refractivity contribution in [1.82, 2.24) is 13.4 Å². The van der Waals surface area contributed by atoms with Crippen LogP contribution < -0.4 is 21.9 Å². The van der Waals surface area contributed by atoms with Gasteiger partial charge >= 0.3 is 5.69 Å². The van der Waals surface area contributed by atoms with Crippen LogP contribution in [0, 0.1) is 24.4 Å². The van der Waals surface area contributed by atoms with Crippen LogP contribution in [0.4, 0.5) is 18.9 Å². The maximum atomic E-state index is 14.6. The van der Waals surface area contributed by atoms with E-state index in [0.717, 1.165) is 33.4 Å². The lowest BCUT2D eigenvalue weighted by molar-refractivity contribution is 0.382. The molecule has 1 fully saturated rings. The number of benzene rings is 3. The fraction of sp³-hybridized carbons (Fsp3) is 0.267.